The Morgan fingerprint density at radius 1 is 1.35 bits per heavy atom. The zero-order valence-corrected chi connectivity index (χ0v) is 13.1. The van der Waals surface area contributed by atoms with Crippen LogP contribution in [-0.4, -0.2) is 32.7 Å². The van der Waals surface area contributed by atoms with Gasteiger partial charge in [-0.2, -0.15) is 0 Å². The second kappa shape index (κ2) is 7.04. The number of aromatic nitrogens is 1. The lowest BCUT2D eigenvalue weighted by Gasteiger charge is -2.11. The number of nitrogens with one attached hydrogen (secondary N) is 1. The fraction of sp³-hybridized carbons (Fsp3) is 0.583. The number of nitrogens with zero attached hydrogens (tertiary/aromatic N) is 1. The van der Waals surface area contributed by atoms with E-state index in [0.717, 1.165) is 12.8 Å². The highest BCUT2D eigenvalue weighted by molar-refractivity contribution is 7.89. The molecule has 1 heterocycles. The van der Waals surface area contributed by atoms with E-state index >= 15 is 0 Å². The third-order valence-corrected chi connectivity index (χ3v) is 5.25. The first-order chi connectivity index (χ1) is 9.49. The molecular formula is C12H16Cl2N2O3S. The molecule has 0 atom stereocenters. The SMILES string of the molecule is O=S(=O)(NCCOC1CCCC1)c1cnc(Cl)c(Cl)c1. The predicted octanol–water partition coefficient (Wildman–Crippen LogP) is 2.63. The topological polar surface area (TPSA) is 68.3 Å². The normalized spacial score (nSPS) is 16.7. The van der Waals surface area contributed by atoms with Crippen molar-refractivity contribution in [3.05, 3.63) is 22.4 Å². The highest BCUT2D eigenvalue weighted by Gasteiger charge is 2.17. The second-order valence-corrected chi connectivity index (χ2v) is 7.15. The van der Waals surface area contributed by atoms with Crippen LogP contribution < -0.4 is 4.72 Å². The lowest BCUT2D eigenvalue weighted by atomic mass is 10.3. The van der Waals surface area contributed by atoms with Crippen molar-refractivity contribution in [2.75, 3.05) is 13.2 Å². The molecule has 1 aliphatic rings. The Balaban J connectivity index is 1.85. The number of hydrogen-bond acceptors (Lipinski definition) is 4. The Kier molecular flexibility index (Phi) is 5.63. The molecule has 1 fully saturated rings. The van der Waals surface area contributed by atoms with Gasteiger partial charge in [-0.15, -0.1) is 0 Å². The molecule has 1 aromatic heterocycles. The molecule has 0 bridgehead atoms. The van der Waals surface area contributed by atoms with Gasteiger partial charge in [-0.25, -0.2) is 18.1 Å². The fourth-order valence-electron chi connectivity index (χ4n) is 2.09. The van der Waals surface area contributed by atoms with Gasteiger partial charge in [-0.3, -0.25) is 0 Å². The highest BCUT2D eigenvalue weighted by atomic mass is 35.5. The molecule has 5 nitrogen and oxygen atoms in total. The number of halogens is 2. The molecule has 1 saturated carbocycles. The molecule has 1 aliphatic carbocycles. The standard InChI is InChI=1S/C12H16Cl2N2O3S/c13-11-7-10(8-15-12(11)14)20(17,18)16-5-6-19-9-3-1-2-4-9/h7-9,16H,1-6H2. The molecule has 2 rings (SSSR count). The molecule has 0 aromatic carbocycles. The van der Waals surface area contributed by atoms with Gasteiger partial charge in [0.25, 0.3) is 0 Å². The first-order valence-electron chi connectivity index (χ1n) is 6.41. The molecule has 0 spiro atoms. The molecule has 0 amide bonds. The summed E-state index contributed by atoms with van der Waals surface area (Å²) in [5, 5.41) is 0.187. The van der Waals surface area contributed by atoms with Crippen molar-refractivity contribution in [2.24, 2.45) is 0 Å². The lowest BCUT2D eigenvalue weighted by Crippen LogP contribution is -2.28. The van der Waals surface area contributed by atoms with Crippen LogP contribution >= 0.6 is 23.2 Å². The number of rotatable bonds is 6. The molecular weight excluding hydrogens is 323 g/mol. The molecule has 0 unspecified atom stereocenters. The van der Waals surface area contributed by atoms with Gasteiger partial charge in [-0.1, -0.05) is 36.0 Å². The van der Waals surface area contributed by atoms with Crippen molar-refractivity contribution < 1.29 is 13.2 Å². The van der Waals surface area contributed by atoms with Crippen LogP contribution in [0.2, 0.25) is 10.2 Å². The minimum Gasteiger partial charge on any atom is -0.377 e. The van der Waals surface area contributed by atoms with Crippen molar-refractivity contribution in [1.82, 2.24) is 9.71 Å². The Bertz CT molecular complexity index is 560. The van der Waals surface area contributed by atoms with Crippen LogP contribution in [0.5, 0.6) is 0 Å². The number of ether oxygens (including phenoxy) is 1. The fourth-order valence-corrected chi connectivity index (χ4v) is 3.41. The van der Waals surface area contributed by atoms with Crippen molar-refractivity contribution >= 4 is 33.2 Å². The average molecular weight is 339 g/mol. The third-order valence-electron chi connectivity index (χ3n) is 3.13. The first kappa shape index (κ1) is 16.0. The van der Waals surface area contributed by atoms with Gasteiger partial charge in [0, 0.05) is 12.7 Å². The van der Waals surface area contributed by atoms with Crippen molar-refractivity contribution in [2.45, 2.75) is 36.7 Å². The summed E-state index contributed by atoms with van der Waals surface area (Å²) in [5.74, 6) is 0. The van der Waals surface area contributed by atoms with Gasteiger partial charge in [0.2, 0.25) is 10.0 Å². The maximum atomic E-state index is 12.0. The molecule has 0 aliphatic heterocycles. The van der Waals surface area contributed by atoms with Crippen molar-refractivity contribution in [3.8, 4) is 0 Å². The summed E-state index contributed by atoms with van der Waals surface area (Å²) in [6.45, 7) is 0.581. The van der Waals surface area contributed by atoms with E-state index in [1.54, 1.807) is 0 Å². The minimum absolute atomic E-state index is 0.00670. The molecule has 8 heteroatoms. The highest BCUT2D eigenvalue weighted by Crippen LogP contribution is 2.22. The number of hydrogen-bond donors (Lipinski definition) is 1. The van der Waals surface area contributed by atoms with E-state index in [0.29, 0.717) is 6.61 Å². The summed E-state index contributed by atoms with van der Waals surface area (Å²) in [6.07, 6.45) is 5.93. The Morgan fingerprint density at radius 3 is 2.70 bits per heavy atom. The average Bonchev–Trinajstić information content (AvgIpc) is 2.91. The molecule has 20 heavy (non-hydrogen) atoms. The third kappa shape index (κ3) is 4.30. The van der Waals surface area contributed by atoms with Crippen LogP contribution in [-0.2, 0) is 14.8 Å². The Hall–Kier alpha value is -0.400. The van der Waals surface area contributed by atoms with Gasteiger partial charge in [0.05, 0.1) is 17.7 Å². The monoisotopic (exact) mass is 338 g/mol. The number of pyridine rings is 1. The van der Waals surface area contributed by atoms with Gasteiger partial charge in [0.15, 0.2) is 0 Å². The Labute approximate surface area is 128 Å². The second-order valence-electron chi connectivity index (χ2n) is 4.62. The Morgan fingerprint density at radius 2 is 2.05 bits per heavy atom. The van der Waals surface area contributed by atoms with Crippen LogP contribution in [0.1, 0.15) is 25.7 Å². The summed E-state index contributed by atoms with van der Waals surface area (Å²) in [6, 6.07) is 1.27. The van der Waals surface area contributed by atoms with E-state index in [1.807, 2.05) is 0 Å². The van der Waals surface area contributed by atoms with Gasteiger partial charge >= 0.3 is 0 Å². The van der Waals surface area contributed by atoms with E-state index < -0.39 is 10.0 Å². The van der Waals surface area contributed by atoms with E-state index in [9.17, 15) is 8.42 Å². The van der Waals surface area contributed by atoms with Crippen LogP contribution in [0.15, 0.2) is 17.2 Å². The van der Waals surface area contributed by atoms with Gasteiger partial charge in [0.1, 0.15) is 10.0 Å². The molecule has 0 radical (unpaired) electrons. The summed E-state index contributed by atoms with van der Waals surface area (Å²) in [4.78, 5) is 3.71. The lowest BCUT2D eigenvalue weighted by molar-refractivity contribution is 0.0626. The summed E-state index contributed by atoms with van der Waals surface area (Å²) in [7, 11) is -3.63. The first-order valence-corrected chi connectivity index (χ1v) is 8.65. The molecule has 0 saturated heterocycles. The smallest absolute Gasteiger partial charge is 0.242 e. The number of sulfonamides is 1. The van der Waals surface area contributed by atoms with E-state index in [-0.39, 0.29) is 27.7 Å². The van der Waals surface area contributed by atoms with E-state index in [4.69, 9.17) is 27.9 Å². The van der Waals surface area contributed by atoms with Crippen LogP contribution in [0.25, 0.3) is 0 Å². The maximum Gasteiger partial charge on any atom is 0.242 e. The maximum absolute atomic E-state index is 12.0. The zero-order valence-electron chi connectivity index (χ0n) is 10.8. The van der Waals surface area contributed by atoms with Crippen LogP contribution in [0, 0.1) is 0 Å². The van der Waals surface area contributed by atoms with Crippen LogP contribution in [0.4, 0.5) is 0 Å². The minimum atomic E-state index is -3.63. The summed E-state index contributed by atoms with van der Waals surface area (Å²) >= 11 is 11.4. The van der Waals surface area contributed by atoms with Crippen LogP contribution in [0.3, 0.4) is 0 Å². The van der Waals surface area contributed by atoms with E-state index in [2.05, 4.69) is 9.71 Å². The largest absolute Gasteiger partial charge is 0.377 e. The van der Waals surface area contributed by atoms with E-state index in [1.165, 1.54) is 25.1 Å². The predicted molar refractivity (Wildman–Crippen MR) is 77.7 cm³/mol. The quantitative estimate of drug-likeness (QED) is 0.639. The summed E-state index contributed by atoms with van der Waals surface area (Å²) in [5.41, 5.74) is 0. The molecule has 1 aromatic rings. The molecule has 1 N–H and O–H groups in total. The summed E-state index contributed by atoms with van der Waals surface area (Å²) < 4.78 is 32.0. The van der Waals surface area contributed by atoms with Gasteiger partial charge in [-0.05, 0) is 18.9 Å². The molecule has 112 valence electrons. The van der Waals surface area contributed by atoms with Crippen molar-refractivity contribution in [3.63, 3.8) is 0 Å². The zero-order chi connectivity index (χ0) is 14.6. The van der Waals surface area contributed by atoms with Crippen molar-refractivity contribution in [1.29, 1.82) is 0 Å². The van der Waals surface area contributed by atoms with Gasteiger partial charge < -0.3 is 4.74 Å².